The summed E-state index contributed by atoms with van der Waals surface area (Å²) in [5, 5.41) is 12.1. The minimum atomic E-state index is -0.0482. The van der Waals surface area contributed by atoms with E-state index in [9.17, 15) is 4.79 Å². The highest BCUT2D eigenvalue weighted by molar-refractivity contribution is 5.89. The summed E-state index contributed by atoms with van der Waals surface area (Å²) >= 11 is 0. The summed E-state index contributed by atoms with van der Waals surface area (Å²) in [5.41, 5.74) is 3.24. The number of carbonyl (C=O) groups is 1. The summed E-state index contributed by atoms with van der Waals surface area (Å²) in [6, 6.07) is 10.1. The number of anilines is 3. The lowest BCUT2D eigenvalue weighted by atomic mass is 10.1. The molecule has 188 valence electrons. The molecule has 0 saturated carbocycles. The molecule has 1 atom stereocenters. The van der Waals surface area contributed by atoms with Crippen molar-refractivity contribution in [2.45, 2.75) is 32.8 Å². The second kappa shape index (κ2) is 10.8. The first-order valence-electron chi connectivity index (χ1n) is 12.9. The third-order valence-electron chi connectivity index (χ3n) is 7.47. The van der Waals surface area contributed by atoms with Gasteiger partial charge in [-0.15, -0.1) is 10.2 Å². The van der Waals surface area contributed by atoms with Gasteiger partial charge in [0.15, 0.2) is 11.6 Å². The van der Waals surface area contributed by atoms with Gasteiger partial charge >= 0.3 is 6.03 Å². The lowest BCUT2D eigenvalue weighted by Crippen LogP contribution is -2.50. The van der Waals surface area contributed by atoms with Gasteiger partial charge in [0.1, 0.15) is 0 Å². The summed E-state index contributed by atoms with van der Waals surface area (Å²) in [4.78, 5) is 21.6. The van der Waals surface area contributed by atoms with E-state index in [-0.39, 0.29) is 6.03 Å². The lowest BCUT2D eigenvalue weighted by Gasteiger charge is -2.37. The van der Waals surface area contributed by atoms with Crippen molar-refractivity contribution in [2.75, 3.05) is 80.6 Å². The molecule has 1 N–H and O–H groups in total. The molecule has 35 heavy (non-hydrogen) atoms. The Labute approximate surface area is 208 Å². The Morgan fingerprint density at radius 2 is 1.57 bits per heavy atom. The molecule has 2 aromatic rings. The molecular formula is C26H37N7O2. The van der Waals surface area contributed by atoms with Crippen LogP contribution in [0.15, 0.2) is 30.3 Å². The van der Waals surface area contributed by atoms with Gasteiger partial charge < -0.3 is 24.8 Å². The number of benzene rings is 1. The number of urea groups is 1. The average Bonchev–Trinajstić information content (AvgIpc) is 3.40. The maximum absolute atomic E-state index is 12.7. The first-order valence-corrected chi connectivity index (χ1v) is 12.9. The largest absolute Gasteiger partial charge is 0.377 e. The SMILES string of the molecule is Cc1ccc(NC(=O)N2CCN(c3ccc(N4CCN(CC5CCCO5)CC4)nn3)CC2)cc1C. The number of hydrogen-bond acceptors (Lipinski definition) is 7. The Kier molecular flexibility index (Phi) is 7.34. The van der Waals surface area contributed by atoms with E-state index in [2.05, 4.69) is 56.2 Å². The first-order chi connectivity index (χ1) is 17.0. The van der Waals surface area contributed by atoms with Gasteiger partial charge in [0.2, 0.25) is 0 Å². The smallest absolute Gasteiger partial charge is 0.321 e. The average molecular weight is 480 g/mol. The van der Waals surface area contributed by atoms with Crippen molar-refractivity contribution in [3.05, 3.63) is 41.5 Å². The van der Waals surface area contributed by atoms with Crippen LogP contribution in [0, 0.1) is 13.8 Å². The van der Waals surface area contributed by atoms with Crippen LogP contribution in [0.1, 0.15) is 24.0 Å². The molecule has 1 aromatic heterocycles. The van der Waals surface area contributed by atoms with Crippen molar-refractivity contribution >= 4 is 23.4 Å². The van der Waals surface area contributed by atoms with Crippen LogP contribution in [0.25, 0.3) is 0 Å². The van der Waals surface area contributed by atoms with Crippen LogP contribution < -0.4 is 15.1 Å². The topological polar surface area (TPSA) is 77.1 Å². The number of piperazine rings is 2. The number of hydrogen-bond donors (Lipinski definition) is 1. The molecule has 3 aliphatic heterocycles. The Balaban J connectivity index is 1.08. The molecular weight excluding hydrogens is 442 g/mol. The summed E-state index contributed by atoms with van der Waals surface area (Å²) in [7, 11) is 0. The van der Waals surface area contributed by atoms with Crippen LogP contribution >= 0.6 is 0 Å². The van der Waals surface area contributed by atoms with E-state index in [4.69, 9.17) is 4.74 Å². The summed E-state index contributed by atoms with van der Waals surface area (Å²) in [6.07, 6.45) is 2.81. The maximum atomic E-state index is 12.7. The molecule has 0 bridgehead atoms. The minimum Gasteiger partial charge on any atom is -0.377 e. The van der Waals surface area contributed by atoms with Crippen LogP contribution in [-0.4, -0.2) is 97.6 Å². The molecule has 0 spiro atoms. The fourth-order valence-electron chi connectivity index (χ4n) is 5.05. The van der Waals surface area contributed by atoms with Crippen LogP contribution in [0.4, 0.5) is 22.1 Å². The molecule has 1 aromatic carbocycles. The maximum Gasteiger partial charge on any atom is 0.321 e. The Hall–Kier alpha value is -2.91. The standard InChI is InChI=1S/C26H37N7O2/c1-20-5-6-22(18-21(20)2)27-26(34)33-15-13-32(14-16-33)25-8-7-24(28-29-25)31-11-9-30(10-12-31)19-23-4-3-17-35-23/h5-8,18,23H,3-4,9-17,19H2,1-2H3,(H,27,34). The van der Waals surface area contributed by atoms with E-state index in [0.29, 0.717) is 19.2 Å². The zero-order valence-corrected chi connectivity index (χ0v) is 20.9. The molecule has 3 fully saturated rings. The molecule has 0 radical (unpaired) electrons. The quantitative estimate of drug-likeness (QED) is 0.707. The third-order valence-corrected chi connectivity index (χ3v) is 7.47. The second-order valence-corrected chi connectivity index (χ2v) is 9.88. The highest BCUT2D eigenvalue weighted by atomic mass is 16.5. The molecule has 3 saturated heterocycles. The molecule has 9 heteroatoms. The van der Waals surface area contributed by atoms with E-state index in [1.165, 1.54) is 24.0 Å². The zero-order valence-electron chi connectivity index (χ0n) is 20.9. The number of nitrogens with zero attached hydrogens (tertiary/aromatic N) is 6. The Bertz CT molecular complexity index is 993. The number of aromatic nitrogens is 2. The van der Waals surface area contributed by atoms with E-state index in [1.807, 2.05) is 23.1 Å². The fraction of sp³-hybridized carbons (Fsp3) is 0.577. The van der Waals surface area contributed by atoms with Crippen LogP contribution in [0.5, 0.6) is 0 Å². The van der Waals surface area contributed by atoms with Gasteiger partial charge in [0.05, 0.1) is 6.10 Å². The van der Waals surface area contributed by atoms with Gasteiger partial charge in [0, 0.05) is 71.2 Å². The zero-order chi connectivity index (χ0) is 24.2. The monoisotopic (exact) mass is 479 g/mol. The second-order valence-electron chi connectivity index (χ2n) is 9.88. The summed E-state index contributed by atoms with van der Waals surface area (Å²) in [6.45, 7) is 12.9. The minimum absolute atomic E-state index is 0.0482. The van der Waals surface area contributed by atoms with Gasteiger partial charge in [-0.25, -0.2) is 4.79 Å². The van der Waals surface area contributed by atoms with E-state index >= 15 is 0 Å². The van der Waals surface area contributed by atoms with Gasteiger partial charge in [-0.2, -0.15) is 0 Å². The highest BCUT2D eigenvalue weighted by Gasteiger charge is 2.25. The van der Waals surface area contributed by atoms with E-state index < -0.39 is 0 Å². The van der Waals surface area contributed by atoms with Crippen molar-refractivity contribution in [3.8, 4) is 0 Å². The van der Waals surface area contributed by atoms with Crippen LogP contribution in [0.2, 0.25) is 0 Å². The van der Waals surface area contributed by atoms with Gasteiger partial charge in [0.25, 0.3) is 0 Å². The number of ether oxygens (including phenoxy) is 1. The molecule has 3 aliphatic rings. The van der Waals surface area contributed by atoms with E-state index in [1.54, 1.807) is 0 Å². The fourth-order valence-corrected chi connectivity index (χ4v) is 5.05. The normalized spacial score (nSPS) is 21.4. The van der Waals surface area contributed by atoms with Gasteiger partial charge in [-0.1, -0.05) is 6.07 Å². The molecule has 9 nitrogen and oxygen atoms in total. The third kappa shape index (κ3) is 5.85. The van der Waals surface area contributed by atoms with Crippen molar-refractivity contribution in [2.24, 2.45) is 0 Å². The molecule has 1 unspecified atom stereocenters. The van der Waals surface area contributed by atoms with Gasteiger partial charge in [-0.3, -0.25) is 4.90 Å². The number of amides is 2. The van der Waals surface area contributed by atoms with Gasteiger partial charge in [-0.05, 0) is 62.1 Å². The lowest BCUT2D eigenvalue weighted by molar-refractivity contribution is 0.0712. The van der Waals surface area contributed by atoms with Crippen molar-refractivity contribution in [3.63, 3.8) is 0 Å². The van der Waals surface area contributed by atoms with Crippen LogP contribution in [0.3, 0.4) is 0 Å². The number of rotatable bonds is 5. The molecule has 0 aliphatic carbocycles. The Morgan fingerprint density at radius 3 is 2.14 bits per heavy atom. The van der Waals surface area contributed by atoms with Crippen LogP contribution in [-0.2, 0) is 4.74 Å². The predicted molar refractivity (Wildman–Crippen MR) is 138 cm³/mol. The van der Waals surface area contributed by atoms with Crippen molar-refractivity contribution in [1.29, 1.82) is 0 Å². The number of nitrogens with one attached hydrogen (secondary N) is 1. The Morgan fingerprint density at radius 1 is 0.914 bits per heavy atom. The summed E-state index contributed by atoms with van der Waals surface area (Å²) < 4.78 is 5.78. The summed E-state index contributed by atoms with van der Waals surface area (Å²) in [5.74, 6) is 1.82. The number of aryl methyl sites for hydroxylation is 2. The van der Waals surface area contributed by atoms with Crippen molar-refractivity contribution in [1.82, 2.24) is 20.0 Å². The molecule has 4 heterocycles. The van der Waals surface area contributed by atoms with Crippen molar-refractivity contribution < 1.29 is 9.53 Å². The molecule has 5 rings (SSSR count). The predicted octanol–water partition coefficient (Wildman–Crippen LogP) is 2.75. The molecule has 2 amide bonds. The first kappa shape index (κ1) is 23.8. The number of carbonyl (C=O) groups excluding carboxylic acids is 1. The highest BCUT2D eigenvalue weighted by Crippen LogP contribution is 2.20. The van der Waals surface area contributed by atoms with E-state index in [0.717, 1.165) is 69.7 Å².